The fraction of sp³-hybridized carbons (Fsp3) is 0.619. The van der Waals surface area contributed by atoms with Gasteiger partial charge >= 0.3 is 5.97 Å². The van der Waals surface area contributed by atoms with Crippen LogP contribution in [0.5, 0.6) is 0 Å². The first-order valence-corrected chi connectivity index (χ1v) is 9.18. The maximum atomic E-state index is 12.4. The molecule has 128 valence electrons. The summed E-state index contributed by atoms with van der Waals surface area (Å²) in [5, 5.41) is 0. The van der Waals surface area contributed by atoms with Gasteiger partial charge in [0.15, 0.2) is 0 Å². The molecule has 0 radical (unpaired) electrons. The SMILES string of the molecule is CC(=O)OC1=CC2=CCC3C(=CCC4(C)C(=O)CCC34)C2(C)CC1. The number of carbonyl (C=O) groups is 2. The van der Waals surface area contributed by atoms with E-state index in [1.165, 1.54) is 18.1 Å². The molecule has 0 aromatic heterocycles. The Kier molecular flexibility index (Phi) is 3.42. The van der Waals surface area contributed by atoms with Crippen LogP contribution in [0, 0.1) is 22.7 Å². The van der Waals surface area contributed by atoms with Crippen LogP contribution in [-0.2, 0) is 14.3 Å². The average molecular weight is 326 g/mol. The highest BCUT2D eigenvalue weighted by Crippen LogP contribution is 2.61. The molecule has 4 aliphatic carbocycles. The minimum absolute atomic E-state index is 0.0412. The predicted molar refractivity (Wildman–Crippen MR) is 91.9 cm³/mol. The Morgan fingerprint density at radius 3 is 2.79 bits per heavy atom. The minimum atomic E-state index is -0.240. The topological polar surface area (TPSA) is 43.4 Å². The number of hydrogen-bond donors (Lipinski definition) is 0. The van der Waals surface area contributed by atoms with Crippen LogP contribution >= 0.6 is 0 Å². The molecular weight excluding hydrogens is 300 g/mol. The standard InChI is InChI=1S/C21H26O3/c1-13(22)24-15-8-10-20(2)14(12-15)4-5-16-17-6-7-19(23)21(17,3)11-9-18(16)20/h4,9,12,16-17H,5-8,10-11H2,1-3H3. The molecule has 0 heterocycles. The van der Waals surface area contributed by atoms with Gasteiger partial charge < -0.3 is 4.74 Å². The molecule has 3 heteroatoms. The fourth-order valence-electron chi connectivity index (χ4n) is 5.66. The largest absolute Gasteiger partial charge is 0.431 e. The Hall–Kier alpha value is -1.64. The van der Waals surface area contributed by atoms with Gasteiger partial charge in [0.05, 0.1) is 0 Å². The number of Topliss-reactive ketones (excluding diaryl/α,β-unsaturated/α-hetero) is 1. The van der Waals surface area contributed by atoms with Crippen LogP contribution in [-0.4, -0.2) is 11.8 Å². The Bertz CT molecular complexity index is 711. The second-order valence-electron chi connectivity index (χ2n) is 8.39. The van der Waals surface area contributed by atoms with Gasteiger partial charge in [0.2, 0.25) is 0 Å². The van der Waals surface area contributed by atoms with Crippen LogP contribution in [0.4, 0.5) is 0 Å². The predicted octanol–water partition coefficient (Wildman–Crippen LogP) is 4.50. The third kappa shape index (κ3) is 2.09. The monoisotopic (exact) mass is 326 g/mol. The average Bonchev–Trinajstić information content (AvgIpc) is 2.83. The molecule has 3 nitrogen and oxygen atoms in total. The molecule has 0 aromatic carbocycles. The molecule has 4 unspecified atom stereocenters. The van der Waals surface area contributed by atoms with Gasteiger partial charge in [0.1, 0.15) is 11.5 Å². The van der Waals surface area contributed by atoms with Crippen molar-refractivity contribution in [3.63, 3.8) is 0 Å². The summed E-state index contributed by atoms with van der Waals surface area (Å²) in [5.41, 5.74) is 2.73. The van der Waals surface area contributed by atoms with Crippen molar-refractivity contribution in [2.75, 3.05) is 0 Å². The Morgan fingerprint density at radius 2 is 2.04 bits per heavy atom. The molecule has 0 saturated heterocycles. The molecule has 0 aliphatic heterocycles. The van der Waals surface area contributed by atoms with Crippen LogP contribution < -0.4 is 0 Å². The van der Waals surface area contributed by atoms with Crippen molar-refractivity contribution in [2.45, 2.75) is 59.3 Å². The van der Waals surface area contributed by atoms with Gasteiger partial charge in [-0.05, 0) is 49.2 Å². The van der Waals surface area contributed by atoms with Crippen LogP contribution in [0.15, 0.2) is 35.1 Å². The quantitative estimate of drug-likeness (QED) is 0.526. The second kappa shape index (κ2) is 5.18. The van der Waals surface area contributed by atoms with E-state index in [0.29, 0.717) is 17.6 Å². The van der Waals surface area contributed by atoms with Gasteiger partial charge in [-0.2, -0.15) is 0 Å². The van der Waals surface area contributed by atoms with E-state index in [4.69, 9.17) is 4.74 Å². The lowest BCUT2D eigenvalue weighted by Crippen LogP contribution is -2.43. The van der Waals surface area contributed by atoms with Crippen molar-refractivity contribution in [1.82, 2.24) is 0 Å². The summed E-state index contributed by atoms with van der Waals surface area (Å²) < 4.78 is 5.34. The molecule has 0 bridgehead atoms. The Balaban J connectivity index is 1.70. The van der Waals surface area contributed by atoms with Crippen LogP contribution in [0.25, 0.3) is 0 Å². The number of fused-ring (bicyclic) bond motifs is 5. The highest BCUT2D eigenvalue weighted by atomic mass is 16.5. The number of rotatable bonds is 1. The summed E-state index contributed by atoms with van der Waals surface area (Å²) in [4.78, 5) is 23.7. The zero-order valence-corrected chi connectivity index (χ0v) is 14.9. The first-order chi connectivity index (χ1) is 11.3. The van der Waals surface area contributed by atoms with Crippen LogP contribution in [0.1, 0.15) is 59.3 Å². The Morgan fingerprint density at radius 1 is 1.25 bits per heavy atom. The van der Waals surface area contributed by atoms with Crippen molar-refractivity contribution in [3.8, 4) is 0 Å². The number of ketones is 1. The lowest BCUT2D eigenvalue weighted by molar-refractivity contribution is -0.137. The lowest BCUT2D eigenvalue weighted by atomic mass is 9.53. The zero-order valence-electron chi connectivity index (χ0n) is 14.9. The van der Waals surface area contributed by atoms with Gasteiger partial charge in [0, 0.05) is 30.6 Å². The van der Waals surface area contributed by atoms with Crippen LogP contribution in [0.2, 0.25) is 0 Å². The Labute approximate surface area is 143 Å². The summed E-state index contributed by atoms with van der Waals surface area (Å²) >= 11 is 0. The first kappa shape index (κ1) is 15.9. The molecule has 0 N–H and O–H groups in total. The third-order valence-corrected chi connectivity index (χ3v) is 7.10. The van der Waals surface area contributed by atoms with E-state index in [-0.39, 0.29) is 16.8 Å². The van der Waals surface area contributed by atoms with Crippen molar-refractivity contribution in [2.24, 2.45) is 22.7 Å². The second-order valence-corrected chi connectivity index (χ2v) is 8.39. The molecule has 4 rings (SSSR count). The molecule has 1 fully saturated rings. The normalized spacial score (nSPS) is 40.6. The molecule has 4 aliphatic rings. The zero-order chi connectivity index (χ0) is 17.1. The highest BCUT2D eigenvalue weighted by molar-refractivity contribution is 5.87. The number of esters is 1. The summed E-state index contributed by atoms with van der Waals surface area (Å²) in [5.74, 6) is 2.02. The summed E-state index contributed by atoms with van der Waals surface area (Å²) in [6, 6.07) is 0. The van der Waals surface area contributed by atoms with E-state index in [1.54, 1.807) is 0 Å². The molecular formula is C21H26O3. The summed E-state index contributed by atoms with van der Waals surface area (Å²) in [6.07, 6.45) is 12.3. The maximum Gasteiger partial charge on any atom is 0.307 e. The minimum Gasteiger partial charge on any atom is -0.431 e. The van der Waals surface area contributed by atoms with Gasteiger partial charge in [-0.25, -0.2) is 0 Å². The molecule has 0 amide bonds. The van der Waals surface area contributed by atoms with E-state index in [1.807, 2.05) is 0 Å². The summed E-state index contributed by atoms with van der Waals surface area (Å²) in [7, 11) is 0. The van der Waals surface area contributed by atoms with E-state index < -0.39 is 0 Å². The molecule has 4 atom stereocenters. The van der Waals surface area contributed by atoms with Crippen molar-refractivity contribution in [3.05, 3.63) is 35.1 Å². The summed E-state index contributed by atoms with van der Waals surface area (Å²) in [6.45, 7) is 5.97. The maximum absolute atomic E-state index is 12.4. The van der Waals surface area contributed by atoms with Gasteiger partial charge in [0.25, 0.3) is 0 Å². The van der Waals surface area contributed by atoms with Gasteiger partial charge in [-0.15, -0.1) is 0 Å². The van der Waals surface area contributed by atoms with E-state index in [2.05, 4.69) is 32.1 Å². The number of allylic oxidation sites excluding steroid dienone is 6. The van der Waals surface area contributed by atoms with Crippen molar-refractivity contribution in [1.29, 1.82) is 0 Å². The van der Waals surface area contributed by atoms with E-state index in [0.717, 1.165) is 44.3 Å². The fourth-order valence-corrected chi connectivity index (χ4v) is 5.66. The molecule has 1 saturated carbocycles. The highest BCUT2D eigenvalue weighted by Gasteiger charge is 2.55. The number of carbonyl (C=O) groups excluding carboxylic acids is 2. The van der Waals surface area contributed by atoms with E-state index in [9.17, 15) is 9.59 Å². The molecule has 24 heavy (non-hydrogen) atoms. The van der Waals surface area contributed by atoms with Crippen LogP contribution in [0.3, 0.4) is 0 Å². The third-order valence-electron chi connectivity index (χ3n) is 7.10. The first-order valence-electron chi connectivity index (χ1n) is 9.18. The van der Waals surface area contributed by atoms with Gasteiger partial charge in [-0.3, -0.25) is 9.59 Å². The van der Waals surface area contributed by atoms with E-state index >= 15 is 0 Å². The number of hydrogen-bond acceptors (Lipinski definition) is 3. The number of ether oxygens (including phenoxy) is 1. The molecule has 0 aromatic rings. The molecule has 0 spiro atoms. The lowest BCUT2D eigenvalue weighted by Gasteiger charge is -2.50. The van der Waals surface area contributed by atoms with Crippen molar-refractivity contribution < 1.29 is 14.3 Å². The van der Waals surface area contributed by atoms with Gasteiger partial charge in [-0.1, -0.05) is 31.6 Å². The van der Waals surface area contributed by atoms with Crippen molar-refractivity contribution >= 4 is 11.8 Å². The smallest absolute Gasteiger partial charge is 0.307 e.